The van der Waals surface area contributed by atoms with Crippen molar-refractivity contribution in [2.24, 2.45) is 5.41 Å². The van der Waals surface area contributed by atoms with E-state index in [-0.39, 0.29) is 11.0 Å². The lowest BCUT2D eigenvalue weighted by Gasteiger charge is -2.36. The third-order valence-electron chi connectivity index (χ3n) is 4.50. The highest BCUT2D eigenvalue weighted by atomic mass is 16.5. The lowest BCUT2D eigenvalue weighted by Crippen LogP contribution is -2.44. The standard InChI is InChI=1S/C18H31NO2/c1-17(2,3)15(16-7-6-11-20-16)8-10-19-14-9-12-21-18(4,5)13-14/h6-7,11,14-15,19H,8-10,12-13H2,1-5H3/t14-,15+/m1/s1. The van der Waals surface area contributed by atoms with Gasteiger partial charge in [-0.15, -0.1) is 0 Å². The first kappa shape index (κ1) is 16.6. The van der Waals surface area contributed by atoms with Crippen molar-refractivity contribution >= 4 is 0 Å². The van der Waals surface area contributed by atoms with Gasteiger partial charge in [-0.05, 0) is 57.2 Å². The molecule has 1 aromatic heterocycles. The Labute approximate surface area is 129 Å². The summed E-state index contributed by atoms with van der Waals surface area (Å²) in [5.41, 5.74) is 0.231. The SMILES string of the molecule is CC1(C)C[C@H](NCC[C@@H](c2ccco2)C(C)(C)C)CCO1. The van der Waals surface area contributed by atoms with E-state index in [0.29, 0.717) is 12.0 Å². The fourth-order valence-corrected chi connectivity index (χ4v) is 3.33. The maximum Gasteiger partial charge on any atom is 0.107 e. The highest BCUT2D eigenvalue weighted by Crippen LogP contribution is 2.37. The minimum Gasteiger partial charge on any atom is -0.469 e. The molecule has 1 aliphatic heterocycles. The molecule has 0 aliphatic carbocycles. The van der Waals surface area contributed by atoms with Gasteiger partial charge >= 0.3 is 0 Å². The van der Waals surface area contributed by atoms with E-state index < -0.39 is 0 Å². The molecule has 1 aromatic rings. The van der Waals surface area contributed by atoms with Crippen molar-refractivity contribution in [3.8, 4) is 0 Å². The number of furan rings is 1. The monoisotopic (exact) mass is 293 g/mol. The first-order chi connectivity index (χ1) is 9.78. The molecule has 2 atom stereocenters. The zero-order valence-electron chi connectivity index (χ0n) is 14.2. The fourth-order valence-electron chi connectivity index (χ4n) is 3.33. The summed E-state index contributed by atoms with van der Waals surface area (Å²) in [5.74, 6) is 1.56. The van der Waals surface area contributed by atoms with E-state index in [4.69, 9.17) is 9.15 Å². The van der Waals surface area contributed by atoms with E-state index in [2.05, 4.69) is 46.0 Å². The van der Waals surface area contributed by atoms with Crippen molar-refractivity contribution in [2.45, 2.75) is 71.4 Å². The normalized spacial score (nSPS) is 24.0. The quantitative estimate of drug-likeness (QED) is 0.876. The van der Waals surface area contributed by atoms with Crippen molar-refractivity contribution in [1.29, 1.82) is 0 Å². The van der Waals surface area contributed by atoms with Gasteiger partial charge in [-0.2, -0.15) is 0 Å². The minimum atomic E-state index is 0.0142. The second kappa shape index (κ2) is 6.53. The molecule has 1 saturated heterocycles. The van der Waals surface area contributed by atoms with Crippen LogP contribution >= 0.6 is 0 Å². The molecule has 3 nitrogen and oxygen atoms in total. The lowest BCUT2D eigenvalue weighted by molar-refractivity contribution is -0.0629. The Morgan fingerprint density at radius 2 is 2.14 bits per heavy atom. The number of rotatable bonds is 5. The van der Waals surface area contributed by atoms with Gasteiger partial charge < -0.3 is 14.5 Å². The van der Waals surface area contributed by atoms with Gasteiger partial charge in [0.15, 0.2) is 0 Å². The largest absolute Gasteiger partial charge is 0.469 e. The van der Waals surface area contributed by atoms with Crippen molar-refractivity contribution in [2.75, 3.05) is 13.2 Å². The predicted octanol–water partition coefficient (Wildman–Crippen LogP) is 4.35. The third-order valence-corrected chi connectivity index (χ3v) is 4.50. The number of hydrogen-bond acceptors (Lipinski definition) is 3. The van der Waals surface area contributed by atoms with Crippen molar-refractivity contribution in [3.63, 3.8) is 0 Å². The second-order valence-electron chi connectivity index (χ2n) is 7.97. The van der Waals surface area contributed by atoms with Gasteiger partial charge in [0.2, 0.25) is 0 Å². The maximum absolute atomic E-state index is 5.78. The average Bonchev–Trinajstić information content (AvgIpc) is 2.85. The summed E-state index contributed by atoms with van der Waals surface area (Å²) in [7, 11) is 0. The van der Waals surface area contributed by atoms with Crippen LogP contribution in [0.3, 0.4) is 0 Å². The fraction of sp³-hybridized carbons (Fsp3) is 0.778. The van der Waals surface area contributed by atoms with Crippen LogP contribution in [0.15, 0.2) is 22.8 Å². The molecular weight excluding hydrogens is 262 g/mol. The molecule has 0 bridgehead atoms. The molecule has 0 unspecified atom stereocenters. The summed E-state index contributed by atoms with van der Waals surface area (Å²) in [6, 6.07) is 4.67. The Morgan fingerprint density at radius 1 is 1.38 bits per heavy atom. The average molecular weight is 293 g/mol. The molecule has 0 saturated carbocycles. The molecule has 0 radical (unpaired) electrons. The molecule has 2 heterocycles. The summed E-state index contributed by atoms with van der Waals surface area (Å²) >= 11 is 0. The van der Waals surface area contributed by atoms with Gasteiger partial charge in [-0.1, -0.05) is 20.8 Å². The van der Waals surface area contributed by atoms with E-state index in [0.717, 1.165) is 38.2 Å². The van der Waals surface area contributed by atoms with E-state index in [1.54, 1.807) is 6.26 Å². The second-order valence-corrected chi connectivity index (χ2v) is 7.97. The van der Waals surface area contributed by atoms with Gasteiger partial charge in [0, 0.05) is 18.6 Å². The molecule has 1 N–H and O–H groups in total. The summed E-state index contributed by atoms with van der Waals surface area (Å²) < 4.78 is 11.4. The van der Waals surface area contributed by atoms with Crippen LogP contribution in [-0.4, -0.2) is 24.8 Å². The molecule has 3 heteroatoms. The zero-order chi connectivity index (χ0) is 15.5. The van der Waals surface area contributed by atoms with E-state index >= 15 is 0 Å². The van der Waals surface area contributed by atoms with Gasteiger partial charge in [0.1, 0.15) is 5.76 Å². The molecule has 0 aromatic carbocycles. The Bertz CT molecular complexity index is 417. The van der Waals surface area contributed by atoms with Crippen molar-refractivity contribution in [1.82, 2.24) is 5.32 Å². The van der Waals surface area contributed by atoms with Crippen LogP contribution in [0.4, 0.5) is 0 Å². The van der Waals surface area contributed by atoms with E-state index in [1.807, 2.05) is 6.07 Å². The first-order valence-corrected chi connectivity index (χ1v) is 8.19. The van der Waals surface area contributed by atoms with Gasteiger partial charge in [-0.3, -0.25) is 0 Å². The van der Waals surface area contributed by atoms with Gasteiger partial charge in [0.05, 0.1) is 11.9 Å². The van der Waals surface area contributed by atoms with Crippen molar-refractivity contribution < 1.29 is 9.15 Å². The van der Waals surface area contributed by atoms with Crippen LogP contribution in [-0.2, 0) is 4.74 Å². The van der Waals surface area contributed by atoms with Crippen LogP contribution in [0.5, 0.6) is 0 Å². The van der Waals surface area contributed by atoms with Crippen LogP contribution in [0.2, 0.25) is 0 Å². The maximum atomic E-state index is 5.78. The summed E-state index contributed by atoms with van der Waals surface area (Å²) in [6.45, 7) is 13.1. The Morgan fingerprint density at radius 3 is 2.71 bits per heavy atom. The van der Waals surface area contributed by atoms with Crippen LogP contribution in [0.25, 0.3) is 0 Å². The molecule has 2 rings (SSSR count). The smallest absolute Gasteiger partial charge is 0.107 e. The number of ether oxygens (including phenoxy) is 1. The molecule has 0 spiro atoms. The van der Waals surface area contributed by atoms with Gasteiger partial charge in [-0.25, -0.2) is 0 Å². The molecule has 120 valence electrons. The van der Waals surface area contributed by atoms with E-state index in [9.17, 15) is 0 Å². The Hall–Kier alpha value is -0.800. The Balaban J connectivity index is 1.85. The van der Waals surface area contributed by atoms with E-state index in [1.165, 1.54) is 0 Å². The number of nitrogens with one attached hydrogen (secondary N) is 1. The first-order valence-electron chi connectivity index (χ1n) is 8.19. The van der Waals surface area contributed by atoms with Crippen LogP contribution in [0, 0.1) is 5.41 Å². The van der Waals surface area contributed by atoms with Crippen LogP contribution in [0.1, 0.15) is 65.6 Å². The minimum absolute atomic E-state index is 0.0142. The number of hydrogen-bond donors (Lipinski definition) is 1. The predicted molar refractivity (Wildman–Crippen MR) is 86.6 cm³/mol. The Kier molecular flexibility index (Phi) is 5.15. The molecule has 1 fully saturated rings. The molecular formula is C18H31NO2. The van der Waals surface area contributed by atoms with Crippen LogP contribution < -0.4 is 5.32 Å². The highest BCUT2D eigenvalue weighted by Gasteiger charge is 2.30. The molecule has 0 amide bonds. The third kappa shape index (κ3) is 4.86. The van der Waals surface area contributed by atoms with Crippen molar-refractivity contribution in [3.05, 3.63) is 24.2 Å². The topological polar surface area (TPSA) is 34.4 Å². The van der Waals surface area contributed by atoms with Gasteiger partial charge in [0.25, 0.3) is 0 Å². The summed E-state index contributed by atoms with van der Waals surface area (Å²) in [4.78, 5) is 0. The molecule has 1 aliphatic rings. The zero-order valence-corrected chi connectivity index (χ0v) is 14.2. The molecule has 21 heavy (non-hydrogen) atoms. The lowest BCUT2D eigenvalue weighted by atomic mass is 9.77. The highest BCUT2D eigenvalue weighted by molar-refractivity contribution is 5.08. The summed E-state index contributed by atoms with van der Waals surface area (Å²) in [5, 5.41) is 3.72. The summed E-state index contributed by atoms with van der Waals surface area (Å²) in [6.07, 6.45) is 5.09.